The van der Waals surface area contributed by atoms with Crippen LogP contribution in [-0.4, -0.2) is 55.7 Å². The largest absolute Gasteiger partial charge is 0.468 e. The van der Waals surface area contributed by atoms with Crippen LogP contribution in [0.3, 0.4) is 0 Å². The fraction of sp³-hybridized carbons (Fsp3) is 0.375. The maximum Gasteiger partial charge on any atom is 0.316 e. The number of esters is 1. The second-order valence-electron chi connectivity index (χ2n) is 5.80. The number of ether oxygens (including phenoxy) is 1. The van der Waals surface area contributed by atoms with Gasteiger partial charge in [-0.05, 0) is 26.0 Å². The number of carbonyl (C=O) groups excluding carboxylic acids is 2. The van der Waals surface area contributed by atoms with Crippen LogP contribution in [0.4, 0.5) is 10.8 Å². The zero-order valence-corrected chi connectivity index (χ0v) is 18.2. The molecule has 1 atom stereocenters. The fourth-order valence-corrected chi connectivity index (χ4v) is 4.97. The van der Waals surface area contributed by atoms with E-state index in [1.165, 1.54) is 14.0 Å². The lowest BCUT2D eigenvalue weighted by molar-refractivity contribution is -0.137. The molecule has 0 fully saturated rings. The number of benzene rings is 1. The number of nitrogens with zero attached hydrogens (tertiary/aromatic N) is 3. The number of carbonyl (C=O) groups is 2. The van der Waals surface area contributed by atoms with Gasteiger partial charge in [0.15, 0.2) is 4.34 Å². The normalized spacial score (nSPS) is 12.3. The van der Waals surface area contributed by atoms with E-state index in [1.807, 2.05) is 6.92 Å². The van der Waals surface area contributed by atoms with E-state index in [1.54, 1.807) is 24.3 Å². The number of aromatic nitrogens is 2. The molecule has 152 valence electrons. The van der Waals surface area contributed by atoms with Gasteiger partial charge in [0, 0.05) is 0 Å². The molecule has 28 heavy (non-hydrogen) atoms. The van der Waals surface area contributed by atoms with Gasteiger partial charge in [-0.15, -0.1) is 10.2 Å². The van der Waals surface area contributed by atoms with Gasteiger partial charge < -0.3 is 4.74 Å². The highest BCUT2D eigenvalue weighted by molar-refractivity contribution is 8.01. The summed E-state index contributed by atoms with van der Waals surface area (Å²) in [6.45, 7) is 3.38. The van der Waals surface area contributed by atoms with Gasteiger partial charge in [0.25, 0.3) is 0 Å². The molecule has 0 aliphatic carbocycles. The second-order valence-corrected chi connectivity index (χ2v) is 9.86. The van der Waals surface area contributed by atoms with Crippen LogP contribution >= 0.6 is 23.1 Å². The Kier molecular flexibility index (Phi) is 7.38. The first-order chi connectivity index (χ1) is 13.1. The molecule has 0 aliphatic rings. The molecule has 2 aromatic rings. The molecule has 0 bridgehead atoms. The minimum atomic E-state index is -3.70. The minimum absolute atomic E-state index is 0.0742. The number of anilines is 2. The number of rotatable bonds is 8. The Bertz CT molecular complexity index is 943. The van der Waals surface area contributed by atoms with E-state index in [-0.39, 0.29) is 10.9 Å². The van der Waals surface area contributed by atoms with Crippen LogP contribution in [0.1, 0.15) is 12.5 Å². The molecule has 0 saturated heterocycles. The van der Waals surface area contributed by atoms with Gasteiger partial charge in [-0.3, -0.25) is 19.2 Å². The van der Waals surface area contributed by atoms with E-state index < -0.39 is 27.9 Å². The topological polar surface area (TPSA) is 119 Å². The fourth-order valence-electron chi connectivity index (χ4n) is 2.21. The van der Waals surface area contributed by atoms with Crippen molar-refractivity contribution in [3.63, 3.8) is 0 Å². The third-order valence-electron chi connectivity index (χ3n) is 3.55. The molecule has 0 unspecified atom stereocenters. The molecule has 0 spiro atoms. The van der Waals surface area contributed by atoms with Gasteiger partial charge in [0.05, 0.1) is 24.8 Å². The van der Waals surface area contributed by atoms with Crippen molar-refractivity contribution in [2.75, 3.05) is 28.7 Å². The first-order valence-electron chi connectivity index (χ1n) is 8.02. The van der Waals surface area contributed by atoms with E-state index in [0.717, 1.165) is 39.2 Å². The number of nitrogens with one attached hydrogen (secondary N) is 1. The van der Waals surface area contributed by atoms with Gasteiger partial charge in [0.2, 0.25) is 21.1 Å². The van der Waals surface area contributed by atoms with E-state index in [0.29, 0.717) is 10.0 Å². The number of aryl methyl sites for hydroxylation is 1. The lowest BCUT2D eigenvalue weighted by Gasteiger charge is -2.27. The highest BCUT2D eigenvalue weighted by Crippen LogP contribution is 2.26. The third-order valence-corrected chi connectivity index (χ3v) is 6.74. The monoisotopic (exact) mass is 444 g/mol. The van der Waals surface area contributed by atoms with Crippen LogP contribution < -0.4 is 9.62 Å². The molecule has 1 aromatic heterocycles. The van der Waals surface area contributed by atoms with Crippen molar-refractivity contribution in [2.45, 2.75) is 24.2 Å². The van der Waals surface area contributed by atoms with Crippen molar-refractivity contribution in [3.05, 3.63) is 29.8 Å². The molecule has 2 rings (SSSR count). The predicted octanol–water partition coefficient (Wildman–Crippen LogP) is 1.90. The third kappa shape index (κ3) is 5.91. The van der Waals surface area contributed by atoms with Crippen molar-refractivity contribution < 1.29 is 22.7 Å². The highest BCUT2D eigenvalue weighted by Gasteiger charge is 2.29. The van der Waals surface area contributed by atoms with Crippen molar-refractivity contribution in [3.8, 4) is 0 Å². The zero-order valence-electron chi connectivity index (χ0n) is 15.7. The molecule has 0 aliphatic heterocycles. The van der Waals surface area contributed by atoms with Crippen LogP contribution in [-0.2, 0) is 24.3 Å². The summed E-state index contributed by atoms with van der Waals surface area (Å²) in [6, 6.07) is 5.83. The number of amides is 1. The Morgan fingerprint density at radius 3 is 2.50 bits per heavy atom. The maximum absolute atomic E-state index is 12.6. The lowest BCUT2D eigenvalue weighted by Crippen LogP contribution is -2.45. The average molecular weight is 445 g/mol. The van der Waals surface area contributed by atoms with Gasteiger partial charge in [-0.1, -0.05) is 40.8 Å². The number of hydrogen-bond acceptors (Lipinski definition) is 9. The molecule has 1 heterocycles. The summed E-state index contributed by atoms with van der Waals surface area (Å²) >= 11 is 2.21. The zero-order chi connectivity index (χ0) is 20.9. The smallest absolute Gasteiger partial charge is 0.316 e. The molecular formula is C16H20N4O5S3. The lowest BCUT2D eigenvalue weighted by atomic mass is 10.2. The molecule has 12 heteroatoms. The average Bonchev–Trinajstić information content (AvgIpc) is 3.07. The molecular weight excluding hydrogens is 424 g/mol. The number of thioether (sulfide) groups is 1. The summed E-state index contributed by atoms with van der Waals surface area (Å²) < 4.78 is 30.6. The van der Waals surface area contributed by atoms with E-state index >= 15 is 0 Å². The summed E-state index contributed by atoms with van der Waals surface area (Å²) in [6.07, 6.45) is 1.04. The highest BCUT2D eigenvalue weighted by atomic mass is 32.2. The molecule has 9 nitrogen and oxygen atoms in total. The molecule has 1 amide bonds. The standard InChI is InChI=1S/C16H20N4O5S3/c1-10-5-7-12(8-6-10)20(28(4,23)24)11(2)14(22)17-15-18-19-16(27-15)26-9-13(21)25-3/h5-8,11H,9H2,1-4H3,(H,17,18,22)/t11-/m0/s1. The van der Waals surface area contributed by atoms with Gasteiger partial charge in [-0.2, -0.15) is 0 Å². The molecule has 0 radical (unpaired) electrons. The van der Waals surface area contributed by atoms with Crippen molar-refractivity contribution in [1.29, 1.82) is 0 Å². The van der Waals surface area contributed by atoms with Crippen LogP contribution in [0.15, 0.2) is 28.6 Å². The number of hydrogen-bond donors (Lipinski definition) is 1. The van der Waals surface area contributed by atoms with E-state index in [9.17, 15) is 18.0 Å². The number of methoxy groups -OCH3 is 1. The number of sulfonamides is 1. The molecule has 1 N–H and O–H groups in total. The van der Waals surface area contributed by atoms with Crippen LogP contribution in [0.2, 0.25) is 0 Å². The SMILES string of the molecule is COC(=O)CSc1nnc(NC(=O)[C@H](C)N(c2ccc(C)cc2)S(C)(=O)=O)s1. The van der Waals surface area contributed by atoms with Gasteiger partial charge >= 0.3 is 5.97 Å². The first kappa shape index (κ1) is 22.1. The molecule has 1 aromatic carbocycles. The summed E-state index contributed by atoms with van der Waals surface area (Å²) in [5.74, 6) is -0.877. The van der Waals surface area contributed by atoms with Crippen LogP contribution in [0.5, 0.6) is 0 Å². The summed E-state index contributed by atoms with van der Waals surface area (Å²) in [4.78, 5) is 23.8. The second kappa shape index (κ2) is 9.34. The predicted molar refractivity (Wildman–Crippen MR) is 109 cm³/mol. The van der Waals surface area contributed by atoms with Crippen molar-refractivity contribution >= 4 is 55.8 Å². The van der Waals surface area contributed by atoms with E-state index in [2.05, 4.69) is 20.3 Å². The van der Waals surface area contributed by atoms with Gasteiger partial charge in [-0.25, -0.2) is 8.42 Å². The van der Waals surface area contributed by atoms with Crippen LogP contribution in [0, 0.1) is 6.92 Å². The van der Waals surface area contributed by atoms with E-state index in [4.69, 9.17) is 0 Å². The first-order valence-corrected chi connectivity index (χ1v) is 11.7. The summed E-state index contributed by atoms with van der Waals surface area (Å²) in [5, 5.41) is 10.5. The Hall–Kier alpha value is -2.18. The van der Waals surface area contributed by atoms with Crippen LogP contribution in [0.25, 0.3) is 0 Å². The minimum Gasteiger partial charge on any atom is -0.468 e. The van der Waals surface area contributed by atoms with Gasteiger partial charge in [0.1, 0.15) is 6.04 Å². The Morgan fingerprint density at radius 2 is 1.93 bits per heavy atom. The Morgan fingerprint density at radius 1 is 1.29 bits per heavy atom. The Balaban J connectivity index is 2.12. The Labute approximate surface area is 171 Å². The summed E-state index contributed by atoms with van der Waals surface area (Å²) in [5.41, 5.74) is 1.36. The molecule has 0 saturated carbocycles. The quantitative estimate of drug-likeness (QED) is 0.373. The summed E-state index contributed by atoms with van der Waals surface area (Å²) in [7, 11) is -2.41. The van der Waals surface area contributed by atoms with Crippen molar-refractivity contribution in [2.24, 2.45) is 0 Å². The van der Waals surface area contributed by atoms with Crippen molar-refractivity contribution in [1.82, 2.24) is 10.2 Å². The maximum atomic E-state index is 12.6.